The van der Waals surface area contributed by atoms with Gasteiger partial charge in [-0.15, -0.1) is 0 Å². The van der Waals surface area contributed by atoms with Crippen molar-refractivity contribution in [2.45, 2.75) is 24.3 Å². The number of ether oxygens (including phenoxy) is 1. The Morgan fingerprint density at radius 3 is 2.72 bits per heavy atom. The first kappa shape index (κ1) is 19.5. The molecule has 1 aromatic heterocycles. The average molecular weight is 418 g/mol. The number of hydrogen-bond acceptors (Lipinski definition) is 6. The maximum absolute atomic E-state index is 13.1. The van der Waals surface area contributed by atoms with Crippen molar-refractivity contribution in [3.8, 4) is 0 Å². The third-order valence-electron chi connectivity index (χ3n) is 4.84. The Morgan fingerprint density at radius 1 is 1.21 bits per heavy atom. The molecule has 2 heterocycles. The summed E-state index contributed by atoms with van der Waals surface area (Å²) in [6, 6.07) is 11.9. The van der Waals surface area contributed by atoms with Crippen LogP contribution in [-0.2, 0) is 26.2 Å². The monoisotopic (exact) mass is 418 g/mol. The molecule has 1 aliphatic heterocycles. The molecule has 0 amide bonds. The quantitative estimate of drug-likeness (QED) is 0.592. The molecular weight excluding hydrogens is 399 g/mol. The molecule has 1 saturated heterocycles. The van der Waals surface area contributed by atoms with Gasteiger partial charge in [0.15, 0.2) is 12.2 Å². The van der Waals surface area contributed by atoms with E-state index < -0.39 is 27.7 Å². The topological polar surface area (TPSA) is 89.7 Å². The molecule has 1 fully saturated rings. The Labute approximate surface area is 167 Å². The van der Waals surface area contributed by atoms with Gasteiger partial charge in [0.05, 0.1) is 10.8 Å². The molecule has 7 nitrogen and oxygen atoms in total. The number of para-hydroxylation sites is 2. The Balaban J connectivity index is 1.40. The molecule has 0 bridgehead atoms. The second-order valence-corrected chi connectivity index (χ2v) is 8.78. The van der Waals surface area contributed by atoms with Crippen LogP contribution in [0.4, 0.5) is 4.39 Å². The molecule has 2 aromatic carbocycles. The molecule has 0 unspecified atom stereocenters. The number of aromatic nitrogens is 1. The minimum atomic E-state index is -3.80. The Kier molecular flexibility index (Phi) is 5.33. The number of carbonyl (C=O) groups excluding carboxylic acids is 1. The smallest absolute Gasteiger partial charge is 0.310 e. The van der Waals surface area contributed by atoms with Gasteiger partial charge in [-0.1, -0.05) is 12.1 Å². The van der Waals surface area contributed by atoms with Crippen LogP contribution in [0.1, 0.15) is 18.7 Å². The summed E-state index contributed by atoms with van der Waals surface area (Å²) in [6.45, 7) is 0.204. The van der Waals surface area contributed by atoms with Crippen molar-refractivity contribution in [3.63, 3.8) is 0 Å². The number of sulfonamides is 1. The summed E-state index contributed by atoms with van der Waals surface area (Å²) in [5.41, 5.74) is 1.28. The summed E-state index contributed by atoms with van der Waals surface area (Å²) in [5, 5.41) is 0. The molecule has 0 N–H and O–H groups in total. The maximum Gasteiger partial charge on any atom is 0.310 e. The fraction of sp³-hybridized carbons (Fsp3) is 0.300. The predicted octanol–water partition coefficient (Wildman–Crippen LogP) is 3.11. The molecule has 0 saturated carbocycles. The second-order valence-electron chi connectivity index (χ2n) is 6.84. The van der Waals surface area contributed by atoms with E-state index in [9.17, 15) is 17.6 Å². The maximum atomic E-state index is 13.1. The molecule has 1 atom stereocenters. The van der Waals surface area contributed by atoms with Gasteiger partial charge in [-0.05, 0) is 49.2 Å². The number of halogens is 1. The second kappa shape index (κ2) is 7.92. The van der Waals surface area contributed by atoms with Crippen molar-refractivity contribution < 1.29 is 26.8 Å². The number of oxazole rings is 1. The van der Waals surface area contributed by atoms with Crippen molar-refractivity contribution in [2.24, 2.45) is 5.92 Å². The first-order valence-electron chi connectivity index (χ1n) is 9.20. The molecule has 0 spiro atoms. The van der Waals surface area contributed by atoms with Crippen LogP contribution in [0.3, 0.4) is 0 Å². The van der Waals surface area contributed by atoms with Gasteiger partial charge in [-0.25, -0.2) is 17.8 Å². The van der Waals surface area contributed by atoms with Crippen LogP contribution in [0, 0.1) is 11.7 Å². The highest BCUT2D eigenvalue weighted by atomic mass is 32.2. The Hall–Kier alpha value is -2.78. The Bertz CT molecular complexity index is 1090. The first-order chi connectivity index (χ1) is 13.9. The van der Waals surface area contributed by atoms with Crippen molar-refractivity contribution >= 4 is 27.1 Å². The highest BCUT2D eigenvalue weighted by Crippen LogP contribution is 2.25. The molecule has 9 heteroatoms. The zero-order valence-corrected chi connectivity index (χ0v) is 16.3. The van der Waals surface area contributed by atoms with Gasteiger partial charge in [0.1, 0.15) is 11.3 Å². The van der Waals surface area contributed by atoms with Crippen LogP contribution in [0.25, 0.3) is 11.1 Å². The molecule has 4 rings (SSSR count). The number of piperidine rings is 1. The first-order valence-corrected chi connectivity index (χ1v) is 10.6. The number of fused-ring (bicyclic) bond motifs is 1. The SMILES string of the molecule is O=C(OCc1nc2ccccc2o1)[C@@H]1CCCN(S(=O)(=O)c2ccc(F)cc2)C1. The van der Waals surface area contributed by atoms with Crippen LogP contribution < -0.4 is 0 Å². The highest BCUT2D eigenvalue weighted by Gasteiger charge is 2.34. The van der Waals surface area contributed by atoms with E-state index in [2.05, 4.69) is 4.98 Å². The lowest BCUT2D eigenvalue weighted by Crippen LogP contribution is -2.42. The van der Waals surface area contributed by atoms with Gasteiger partial charge in [0.25, 0.3) is 0 Å². The van der Waals surface area contributed by atoms with Crippen LogP contribution in [-0.4, -0.2) is 36.8 Å². The van der Waals surface area contributed by atoms with Gasteiger partial charge >= 0.3 is 5.97 Å². The summed E-state index contributed by atoms with van der Waals surface area (Å²) in [6.07, 6.45) is 1.06. The van der Waals surface area contributed by atoms with E-state index >= 15 is 0 Å². The van der Waals surface area contributed by atoms with Gasteiger partial charge in [0.2, 0.25) is 15.9 Å². The van der Waals surface area contributed by atoms with Crippen LogP contribution in [0.15, 0.2) is 57.8 Å². The van der Waals surface area contributed by atoms with Crippen LogP contribution >= 0.6 is 0 Å². The molecule has 29 heavy (non-hydrogen) atoms. The summed E-state index contributed by atoms with van der Waals surface area (Å²) < 4.78 is 50.7. The van der Waals surface area contributed by atoms with Crippen molar-refractivity contribution in [2.75, 3.05) is 13.1 Å². The van der Waals surface area contributed by atoms with E-state index in [0.717, 1.165) is 12.1 Å². The summed E-state index contributed by atoms with van der Waals surface area (Å²) in [4.78, 5) is 16.7. The van der Waals surface area contributed by atoms with E-state index in [4.69, 9.17) is 9.15 Å². The van der Waals surface area contributed by atoms with Crippen molar-refractivity contribution in [1.29, 1.82) is 0 Å². The standard InChI is InChI=1S/C20H19FN2O5S/c21-15-7-9-16(10-8-15)29(25,26)23-11-3-4-14(12-23)20(24)27-13-19-22-17-5-1-2-6-18(17)28-19/h1-2,5-10,14H,3-4,11-13H2/t14-/m1/s1. The molecule has 152 valence electrons. The summed E-state index contributed by atoms with van der Waals surface area (Å²) in [5.74, 6) is -1.30. The number of rotatable bonds is 5. The average Bonchev–Trinajstić information content (AvgIpc) is 3.15. The normalized spacial score (nSPS) is 18.0. The van der Waals surface area contributed by atoms with Gasteiger partial charge in [-0.2, -0.15) is 4.31 Å². The van der Waals surface area contributed by atoms with Gasteiger partial charge in [0, 0.05) is 13.1 Å². The highest BCUT2D eigenvalue weighted by molar-refractivity contribution is 7.89. The fourth-order valence-corrected chi connectivity index (χ4v) is 4.86. The lowest BCUT2D eigenvalue weighted by Gasteiger charge is -2.30. The van der Waals surface area contributed by atoms with E-state index in [1.165, 1.54) is 16.4 Å². The zero-order valence-electron chi connectivity index (χ0n) is 15.5. The van der Waals surface area contributed by atoms with Crippen LogP contribution in [0.2, 0.25) is 0 Å². The third kappa shape index (κ3) is 4.15. The van der Waals surface area contributed by atoms with E-state index in [-0.39, 0.29) is 23.9 Å². The lowest BCUT2D eigenvalue weighted by atomic mass is 10.0. The van der Waals surface area contributed by atoms with Crippen LogP contribution in [0.5, 0.6) is 0 Å². The van der Waals surface area contributed by atoms with E-state index in [1.54, 1.807) is 12.1 Å². The molecule has 3 aromatic rings. The number of esters is 1. The zero-order chi connectivity index (χ0) is 20.4. The predicted molar refractivity (Wildman–Crippen MR) is 102 cm³/mol. The van der Waals surface area contributed by atoms with Gasteiger partial charge in [-0.3, -0.25) is 4.79 Å². The minimum absolute atomic E-state index is 0.000562. The molecular formula is C20H19FN2O5S. The largest absolute Gasteiger partial charge is 0.455 e. The minimum Gasteiger partial charge on any atom is -0.455 e. The number of hydrogen-bond donors (Lipinski definition) is 0. The third-order valence-corrected chi connectivity index (χ3v) is 6.72. The molecule has 1 aliphatic rings. The molecule has 0 radical (unpaired) electrons. The number of nitrogens with zero attached hydrogens (tertiary/aromatic N) is 2. The lowest BCUT2D eigenvalue weighted by molar-refractivity contribution is -0.151. The molecule has 0 aliphatic carbocycles. The fourth-order valence-electron chi connectivity index (χ4n) is 3.34. The van der Waals surface area contributed by atoms with E-state index in [1.807, 2.05) is 12.1 Å². The van der Waals surface area contributed by atoms with Crippen molar-refractivity contribution in [1.82, 2.24) is 9.29 Å². The summed E-state index contributed by atoms with van der Waals surface area (Å²) >= 11 is 0. The number of carbonyl (C=O) groups is 1. The number of benzene rings is 2. The summed E-state index contributed by atoms with van der Waals surface area (Å²) in [7, 11) is -3.80. The van der Waals surface area contributed by atoms with Crippen molar-refractivity contribution in [3.05, 3.63) is 60.2 Å². The van der Waals surface area contributed by atoms with Gasteiger partial charge < -0.3 is 9.15 Å². The van der Waals surface area contributed by atoms with E-state index in [0.29, 0.717) is 30.5 Å². The Morgan fingerprint density at radius 2 is 1.97 bits per heavy atom.